The first-order valence-corrected chi connectivity index (χ1v) is 7.59. The predicted molar refractivity (Wildman–Crippen MR) is 82.7 cm³/mol. The highest BCUT2D eigenvalue weighted by molar-refractivity contribution is 7.98. The Balaban J connectivity index is 2.06. The zero-order chi connectivity index (χ0) is 13.7. The molecule has 0 amide bonds. The molecule has 2 N–H and O–H groups in total. The summed E-state index contributed by atoms with van der Waals surface area (Å²) in [6.07, 6.45) is 2.79. The molecule has 0 aliphatic rings. The molecule has 0 saturated heterocycles. The zero-order valence-corrected chi connectivity index (χ0v) is 12.5. The zero-order valence-electron chi connectivity index (χ0n) is 10.9. The summed E-state index contributed by atoms with van der Waals surface area (Å²) in [5.41, 5.74) is 9.09. The van der Waals surface area contributed by atoms with Gasteiger partial charge in [-0.3, -0.25) is 0 Å². The van der Waals surface area contributed by atoms with E-state index in [2.05, 4.69) is 18.0 Å². The highest BCUT2D eigenvalue weighted by Gasteiger charge is 2.05. The van der Waals surface area contributed by atoms with Crippen molar-refractivity contribution in [3.8, 4) is 0 Å². The second-order valence-corrected chi connectivity index (χ2v) is 5.76. The number of aryl methyl sites for hydroxylation is 1. The molecule has 2 rings (SSSR count). The SMILES string of the molecule is Cc1cc(CCN)cnc1SCc1ccccc1Cl. The van der Waals surface area contributed by atoms with Crippen LogP contribution in [0, 0.1) is 6.92 Å². The van der Waals surface area contributed by atoms with Crippen LogP contribution in [0.4, 0.5) is 0 Å². The van der Waals surface area contributed by atoms with Crippen molar-refractivity contribution in [2.45, 2.75) is 24.1 Å². The second kappa shape index (κ2) is 6.94. The number of thioether (sulfide) groups is 1. The Morgan fingerprint density at radius 1 is 1.32 bits per heavy atom. The van der Waals surface area contributed by atoms with Crippen LogP contribution in [0.2, 0.25) is 5.02 Å². The monoisotopic (exact) mass is 292 g/mol. The third-order valence-corrected chi connectivity index (χ3v) is 4.37. The fourth-order valence-corrected chi connectivity index (χ4v) is 3.08. The third-order valence-electron chi connectivity index (χ3n) is 2.84. The lowest BCUT2D eigenvalue weighted by atomic mass is 10.2. The van der Waals surface area contributed by atoms with E-state index in [0.29, 0.717) is 6.54 Å². The van der Waals surface area contributed by atoms with Crippen LogP contribution in [0.5, 0.6) is 0 Å². The highest BCUT2D eigenvalue weighted by Crippen LogP contribution is 2.27. The van der Waals surface area contributed by atoms with Gasteiger partial charge in [0.15, 0.2) is 0 Å². The van der Waals surface area contributed by atoms with Crippen LogP contribution in [-0.2, 0) is 12.2 Å². The van der Waals surface area contributed by atoms with Crippen molar-refractivity contribution in [1.29, 1.82) is 0 Å². The van der Waals surface area contributed by atoms with Gasteiger partial charge < -0.3 is 5.73 Å². The first-order chi connectivity index (χ1) is 9.20. The topological polar surface area (TPSA) is 38.9 Å². The summed E-state index contributed by atoms with van der Waals surface area (Å²) in [5.74, 6) is 0.837. The number of halogens is 1. The maximum absolute atomic E-state index is 6.15. The Kier molecular flexibility index (Phi) is 5.25. The van der Waals surface area contributed by atoms with E-state index in [0.717, 1.165) is 27.8 Å². The summed E-state index contributed by atoms with van der Waals surface area (Å²) >= 11 is 7.86. The molecule has 100 valence electrons. The van der Waals surface area contributed by atoms with E-state index in [4.69, 9.17) is 17.3 Å². The molecule has 0 unspecified atom stereocenters. The van der Waals surface area contributed by atoms with Gasteiger partial charge >= 0.3 is 0 Å². The molecule has 0 spiro atoms. The molecule has 1 heterocycles. The first-order valence-electron chi connectivity index (χ1n) is 6.22. The van der Waals surface area contributed by atoms with E-state index >= 15 is 0 Å². The standard InChI is InChI=1S/C15H17ClN2S/c1-11-8-12(6-7-17)9-18-15(11)19-10-13-4-2-3-5-14(13)16/h2-5,8-9H,6-7,10,17H2,1H3. The summed E-state index contributed by atoms with van der Waals surface area (Å²) in [6, 6.07) is 10.1. The summed E-state index contributed by atoms with van der Waals surface area (Å²) in [4.78, 5) is 4.51. The summed E-state index contributed by atoms with van der Waals surface area (Å²) < 4.78 is 0. The lowest BCUT2D eigenvalue weighted by Crippen LogP contribution is -2.03. The number of benzene rings is 1. The van der Waals surface area contributed by atoms with Gasteiger partial charge in [0.1, 0.15) is 0 Å². The molecule has 2 aromatic rings. The molecule has 4 heteroatoms. The largest absolute Gasteiger partial charge is 0.330 e. The van der Waals surface area contributed by atoms with Crippen LogP contribution in [0.15, 0.2) is 41.6 Å². The van der Waals surface area contributed by atoms with Crippen LogP contribution in [0.25, 0.3) is 0 Å². The molecule has 0 aliphatic heterocycles. The van der Waals surface area contributed by atoms with Gasteiger partial charge in [0.25, 0.3) is 0 Å². The van der Waals surface area contributed by atoms with Gasteiger partial charge in [-0.2, -0.15) is 0 Å². The van der Waals surface area contributed by atoms with Crippen molar-refractivity contribution in [3.63, 3.8) is 0 Å². The molecule has 19 heavy (non-hydrogen) atoms. The Labute approximate surface area is 123 Å². The number of hydrogen-bond acceptors (Lipinski definition) is 3. The predicted octanol–water partition coefficient (Wildman–Crippen LogP) is 3.84. The van der Waals surface area contributed by atoms with Crippen molar-refractivity contribution in [2.24, 2.45) is 5.73 Å². The van der Waals surface area contributed by atoms with Gasteiger partial charge in [-0.05, 0) is 42.6 Å². The van der Waals surface area contributed by atoms with Crippen molar-refractivity contribution >= 4 is 23.4 Å². The van der Waals surface area contributed by atoms with E-state index in [1.54, 1.807) is 11.8 Å². The van der Waals surface area contributed by atoms with E-state index in [1.165, 1.54) is 11.1 Å². The van der Waals surface area contributed by atoms with E-state index in [-0.39, 0.29) is 0 Å². The quantitative estimate of drug-likeness (QED) is 0.851. The Morgan fingerprint density at radius 3 is 2.79 bits per heavy atom. The van der Waals surface area contributed by atoms with Gasteiger partial charge in [0.05, 0.1) is 5.03 Å². The van der Waals surface area contributed by atoms with Crippen LogP contribution >= 0.6 is 23.4 Å². The second-order valence-electron chi connectivity index (χ2n) is 4.38. The third kappa shape index (κ3) is 3.96. The minimum absolute atomic E-state index is 0.660. The van der Waals surface area contributed by atoms with Crippen molar-refractivity contribution < 1.29 is 0 Å². The normalized spacial score (nSPS) is 10.7. The molecule has 0 radical (unpaired) electrons. The average Bonchev–Trinajstić information content (AvgIpc) is 2.40. The maximum atomic E-state index is 6.15. The van der Waals surface area contributed by atoms with Crippen molar-refractivity contribution in [1.82, 2.24) is 4.98 Å². The van der Waals surface area contributed by atoms with E-state index in [1.807, 2.05) is 30.5 Å². The highest BCUT2D eigenvalue weighted by atomic mass is 35.5. The molecule has 2 nitrogen and oxygen atoms in total. The van der Waals surface area contributed by atoms with Gasteiger partial charge in [-0.1, -0.05) is 35.9 Å². The number of aromatic nitrogens is 1. The Bertz CT molecular complexity index is 558. The Hall–Kier alpha value is -1.03. The minimum atomic E-state index is 0.660. The van der Waals surface area contributed by atoms with Gasteiger partial charge in [0.2, 0.25) is 0 Å². The van der Waals surface area contributed by atoms with Crippen LogP contribution in [-0.4, -0.2) is 11.5 Å². The van der Waals surface area contributed by atoms with Crippen molar-refractivity contribution in [3.05, 3.63) is 58.2 Å². The van der Waals surface area contributed by atoms with Crippen LogP contribution < -0.4 is 5.73 Å². The smallest absolute Gasteiger partial charge is 0.0992 e. The fraction of sp³-hybridized carbons (Fsp3) is 0.267. The number of nitrogens with zero attached hydrogens (tertiary/aromatic N) is 1. The maximum Gasteiger partial charge on any atom is 0.0992 e. The van der Waals surface area contributed by atoms with Crippen molar-refractivity contribution in [2.75, 3.05) is 6.54 Å². The fourth-order valence-electron chi connectivity index (χ4n) is 1.84. The molecule has 0 saturated carbocycles. The molecule has 0 bridgehead atoms. The lowest BCUT2D eigenvalue weighted by Gasteiger charge is -2.08. The van der Waals surface area contributed by atoms with Gasteiger partial charge in [-0.15, -0.1) is 11.8 Å². The lowest BCUT2D eigenvalue weighted by molar-refractivity contribution is 0.935. The average molecular weight is 293 g/mol. The molecule has 1 aromatic heterocycles. The van der Waals surface area contributed by atoms with Gasteiger partial charge in [-0.25, -0.2) is 4.98 Å². The molecule has 0 fully saturated rings. The van der Waals surface area contributed by atoms with Crippen LogP contribution in [0.3, 0.4) is 0 Å². The molecule has 1 aromatic carbocycles. The van der Waals surface area contributed by atoms with E-state index in [9.17, 15) is 0 Å². The summed E-state index contributed by atoms with van der Waals surface area (Å²) in [6.45, 7) is 2.75. The first kappa shape index (κ1) is 14.4. The molecular weight excluding hydrogens is 276 g/mol. The Morgan fingerprint density at radius 2 is 2.11 bits per heavy atom. The number of nitrogens with two attached hydrogens (primary N) is 1. The number of pyridine rings is 1. The minimum Gasteiger partial charge on any atom is -0.330 e. The molecule has 0 aliphatic carbocycles. The van der Waals surface area contributed by atoms with Gasteiger partial charge in [0, 0.05) is 17.0 Å². The van der Waals surface area contributed by atoms with Crippen LogP contribution in [0.1, 0.15) is 16.7 Å². The summed E-state index contributed by atoms with van der Waals surface area (Å²) in [7, 11) is 0. The number of rotatable bonds is 5. The van der Waals surface area contributed by atoms with E-state index < -0.39 is 0 Å². The number of hydrogen-bond donors (Lipinski definition) is 1. The summed E-state index contributed by atoms with van der Waals surface area (Å²) in [5, 5.41) is 1.87. The molecule has 0 atom stereocenters. The molecular formula is C15H17ClN2S.